The molecule has 0 atom stereocenters. The van der Waals surface area contributed by atoms with Crippen molar-refractivity contribution in [2.45, 2.75) is 18.2 Å². The molecule has 24 heavy (non-hydrogen) atoms. The fraction of sp³-hybridized carbons (Fsp3) is 0.412. The minimum Gasteiger partial charge on any atom is -0.463 e. The molecule has 3 rings (SSSR count). The molecule has 2 amide bonds. The van der Waals surface area contributed by atoms with Gasteiger partial charge in [-0.3, -0.25) is 0 Å². The number of urea groups is 1. The predicted molar refractivity (Wildman–Crippen MR) is 94.2 cm³/mol. The molecule has 0 spiro atoms. The Kier molecular flexibility index (Phi) is 5.30. The third-order valence-electron chi connectivity index (χ3n) is 3.96. The fourth-order valence-electron chi connectivity index (χ4n) is 2.83. The van der Waals surface area contributed by atoms with Crippen molar-refractivity contribution >= 4 is 29.4 Å². The quantitative estimate of drug-likeness (QED) is 0.817. The average molecular weight is 347 g/mol. The monoisotopic (exact) mass is 347 g/mol. The van der Waals surface area contributed by atoms with Crippen molar-refractivity contribution in [3.05, 3.63) is 35.5 Å². The first kappa shape index (κ1) is 16.7. The summed E-state index contributed by atoms with van der Waals surface area (Å²) in [4.78, 5) is 27.3. The van der Waals surface area contributed by atoms with Crippen LogP contribution in [0, 0.1) is 0 Å². The Bertz CT molecular complexity index is 675. The largest absolute Gasteiger partial charge is 0.463 e. The Hall–Kier alpha value is -2.15. The molecule has 0 aliphatic carbocycles. The van der Waals surface area contributed by atoms with E-state index in [0.29, 0.717) is 24.4 Å². The number of rotatable bonds is 4. The number of carbonyl (C=O) groups is 2. The summed E-state index contributed by atoms with van der Waals surface area (Å²) in [7, 11) is 0. The number of carbonyl (C=O) groups excluding carboxylic acids is 2. The second-order valence-electron chi connectivity index (χ2n) is 5.58. The minimum absolute atomic E-state index is 0.199. The number of nitrogens with zero attached hydrogens (tertiary/aromatic N) is 1. The lowest BCUT2D eigenvalue weighted by atomic mass is 10.1. The molecule has 1 aromatic rings. The zero-order chi connectivity index (χ0) is 16.9. The van der Waals surface area contributed by atoms with E-state index >= 15 is 0 Å². The van der Waals surface area contributed by atoms with Gasteiger partial charge in [0, 0.05) is 11.4 Å². The number of amides is 2. The van der Waals surface area contributed by atoms with E-state index in [4.69, 9.17) is 4.74 Å². The number of hydrogen-bond donors (Lipinski definition) is 2. The summed E-state index contributed by atoms with van der Waals surface area (Å²) in [6, 6.07) is 7.96. The third kappa shape index (κ3) is 3.67. The molecule has 2 aliphatic rings. The van der Waals surface area contributed by atoms with E-state index in [9.17, 15) is 9.59 Å². The van der Waals surface area contributed by atoms with Crippen molar-refractivity contribution < 1.29 is 14.3 Å². The van der Waals surface area contributed by atoms with Crippen LogP contribution in [0.1, 0.15) is 13.3 Å². The van der Waals surface area contributed by atoms with Crippen LogP contribution >= 0.6 is 11.8 Å². The van der Waals surface area contributed by atoms with E-state index in [0.717, 1.165) is 24.4 Å². The fourth-order valence-corrected chi connectivity index (χ4v) is 3.85. The van der Waals surface area contributed by atoms with Crippen LogP contribution in [0.25, 0.3) is 0 Å². The Labute approximate surface area is 145 Å². The van der Waals surface area contributed by atoms with Gasteiger partial charge in [0.1, 0.15) is 0 Å². The summed E-state index contributed by atoms with van der Waals surface area (Å²) in [5.41, 5.74) is 2.26. The lowest BCUT2D eigenvalue weighted by molar-refractivity contribution is -0.138. The maximum absolute atomic E-state index is 12.2. The summed E-state index contributed by atoms with van der Waals surface area (Å²) in [6.45, 7) is 3.65. The maximum atomic E-state index is 12.2. The predicted octanol–water partition coefficient (Wildman–Crippen LogP) is 2.12. The number of anilines is 1. The van der Waals surface area contributed by atoms with Crippen molar-refractivity contribution in [1.82, 2.24) is 10.6 Å². The van der Waals surface area contributed by atoms with Crippen molar-refractivity contribution in [2.75, 3.05) is 36.9 Å². The van der Waals surface area contributed by atoms with Gasteiger partial charge in [0.15, 0.2) is 0 Å². The topological polar surface area (TPSA) is 70.7 Å². The van der Waals surface area contributed by atoms with Gasteiger partial charge in [-0.2, -0.15) is 0 Å². The van der Waals surface area contributed by atoms with Crippen LogP contribution in [-0.2, 0) is 9.53 Å². The number of fused-ring (bicyclic) bond motifs is 1. The van der Waals surface area contributed by atoms with Crippen LogP contribution in [0.2, 0.25) is 0 Å². The molecule has 128 valence electrons. The summed E-state index contributed by atoms with van der Waals surface area (Å²) in [5.74, 6) is 0.683. The molecule has 7 heteroatoms. The molecular formula is C17H21N3O3S. The van der Waals surface area contributed by atoms with Crippen LogP contribution in [0.3, 0.4) is 0 Å². The zero-order valence-electron chi connectivity index (χ0n) is 13.6. The van der Waals surface area contributed by atoms with Crippen LogP contribution in [-0.4, -0.2) is 44.0 Å². The minimum atomic E-state index is -0.377. The number of hydrogen-bond acceptors (Lipinski definition) is 5. The lowest BCUT2D eigenvalue weighted by Gasteiger charge is -2.29. The second-order valence-corrected chi connectivity index (χ2v) is 6.71. The number of ether oxygens (including phenoxy) is 1. The second kappa shape index (κ2) is 7.61. The van der Waals surface area contributed by atoms with E-state index in [1.807, 2.05) is 23.9 Å². The molecule has 0 fully saturated rings. The maximum Gasteiger partial charge on any atom is 0.337 e. The first-order valence-electron chi connectivity index (χ1n) is 8.10. The highest BCUT2D eigenvalue weighted by atomic mass is 32.2. The van der Waals surface area contributed by atoms with Gasteiger partial charge in [0.2, 0.25) is 0 Å². The van der Waals surface area contributed by atoms with Crippen LogP contribution < -0.4 is 15.5 Å². The summed E-state index contributed by atoms with van der Waals surface area (Å²) in [6.07, 6.45) is 1.05. The molecule has 2 aliphatic heterocycles. The van der Waals surface area contributed by atoms with E-state index in [1.54, 1.807) is 6.92 Å². The molecule has 2 heterocycles. The number of benzene rings is 1. The molecule has 6 nitrogen and oxygen atoms in total. The number of para-hydroxylation sites is 1. The summed E-state index contributed by atoms with van der Waals surface area (Å²) in [5, 5.41) is 5.42. The van der Waals surface area contributed by atoms with Crippen LogP contribution in [0.15, 0.2) is 40.4 Å². The van der Waals surface area contributed by atoms with Gasteiger partial charge < -0.3 is 20.3 Å². The normalized spacial score (nSPS) is 17.5. The van der Waals surface area contributed by atoms with Gasteiger partial charge >= 0.3 is 12.0 Å². The first-order chi connectivity index (χ1) is 11.7. The Morgan fingerprint density at radius 3 is 3.04 bits per heavy atom. The van der Waals surface area contributed by atoms with Crippen LogP contribution in [0.4, 0.5) is 10.5 Å². The van der Waals surface area contributed by atoms with E-state index in [2.05, 4.69) is 27.7 Å². The number of esters is 1. The molecule has 0 radical (unpaired) electrons. The highest BCUT2D eigenvalue weighted by molar-refractivity contribution is 7.99. The summed E-state index contributed by atoms with van der Waals surface area (Å²) < 4.78 is 5.12. The highest BCUT2D eigenvalue weighted by Crippen LogP contribution is 2.33. The zero-order valence-corrected chi connectivity index (χ0v) is 14.4. The number of nitrogens with one attached hydrogen (secondary N) is 2. The van der Waals surface area contributed by atoms with Crippen LogP contribution in [0.5, 0.6) is 0 Å². The average Bonchev–Trinajstić information content (AvgIpc) is 2.78. The molecule has 0 saturated carbocycles. The van der Waals surface area contributed by atoms with Gasteiger partial charge in [0.25, 0.3) is 0 Å². The SMILES string of the molecule is CCOC(=O)C1=C(CN2CCCSc3ccccc32)NC(=O)NC1. The van der Waals surface area contributed by atoms with E-state index in [-0.39, 0.29) is 18.5 Å². The van der Waals surface area contributed by atoms with Gasteiger partial charge in [-0.1, -0.05) is 12.1 Å². The van der Waals surface area contributed by atoms with Gasteiger partial charge in [-0.05, 0) is 31.2 Å². The number of thioether (sulfide) groups is 1. The molecule has 2 N–H and O–H groups in total. The lowest BCUT2D eigenvalue weighted by Crippen LogP contribution is -2.47. The molecule has 0 bridgehead atoms. The van der Waals surface area contributed by atoms with Crippen molar-refractivity contribution in [1.29, 1.82) is 0 Å². The smallest absolute Gasteiger partial charge is 0.337 e. The van der Waals surface area contributed by atoms with E-state index in [1.165, 1.54) is 4.90 Å². The first-order valence-corrected chi connectivity index (χ1v) is 9.08. The molecule has 0 saturated heterocycles. The molecule has 1 aromatic carbocycles. The van der Waals surface area contributed by atoms with Crippen molar-refractivity contribution in [3.8, 4) is 0 Å². The molecule has 0 unspecified atom stereocenters. The van der Waals surface area contributed by atoms with Crippen molar-refractivity contribution in [3.63, 3.8) is 0 Å². The van der Waals surface area contributed by atoms with Gasteiger partial charge in [-0.15, -0.1) is 11.8 Å². The Morgan fingerprint density at radius 2 is 2.21 bits per heavy atom. The summed E-state index contributed by atoms with van der Waals surface area (Å²) >= 11 is 1.84. The molecule has 0 aromatic heterocycles. The Morgan fingerprint density at radius 1 is 1.38 bits per heavy atom. The highest BCUT2D eigenvalue weighted by Gasteiger charge is 2.26. The molecular weight excluding hydrogens is 326 g/mol. The third-order valence-corrected chi connectivity index (χ3v) is 5.11. The van der Waals surface area contributed by atoms with Gasteiger partial charge in [0.05, 0.1) is 36.7 Å². The van der Waals surface area contributed by atoms with Crippen molar-refractivity contribution in [2.24, 2.45) is 0 Å². The Balaban J connectivity index is 1.89. The van der Waals surface area contributed by atoms with Gasteiger partial charge in [-0.25, -0.2) is 9.59 Å². The standard InChI is InChI=1S/C17H21N3O3S/c1-2-23-16(21)12-10-18-17(22)19-13(12)11-20-8-5-9-24-15-7-4-3-6-14(15)20/h3-4,6-7H,2,5,8-11H2,1H3,(H2,18,19,22). The van der Waals surface area contributed by atoms with E-state index < -0.39 is 0 Å².